The number of amides is 1. The van der Waals surface area contributed by atoms with Crippen molar-refractivity contribution in [2.75, 3.05) is 5.32 Å². The fraction of sp³-hybridized carbons (Fsp3) is 0.133. The van der Waals surface area contributed by atoms with E-state index in [0.717, 1.165) is 5.56 Å². The second-order valence-corrected chi connectivity index (χ2v) is 4.93. The lowest BCUT2D eigenvalue weighted by atomic mass is 9.81. The third-order valence-electron chi connectivity index (χ3n) is 3.66. The van der Waals surface area contributed by atoms with E-state index in [0.29, 0.717) is 11.3 Å². The number of anilines is 1. The highest BCUT2D eigenvalue weighted by atomic mass is 35.5. The quantitative estimate of drug-likeness (QED) is 0.656. The fourth-order valence-electron chi connectivity index (χ4n) is 2.64. The van der Waals surface area contributed by atoms with E-state index in [1.54, 1.807) is 6.07 Å². The number of nitrogens with one attached hydrogen (secondary N) is 1. The van der Waals surface area contributed by atoms with E-state index in [9.17, 15) is 14.9 Å². The number of hydrogen-bond acceptors (Lipinski definition) is 4. The van der Waals surface area contributed by atoms with Crippen molar-refractivity contribution in [1.82, 2.24) is 0 Å². The van der Waals surface area contributed by atoms with Crippen LogP contribution in [0, 0.1) is 10.1 Å². The van der Waals surface area contributed by atoms with Crippen molar-refractivity contribution >= 4 is 29.7 Å². The highest BCUT2D eigenvalue weighted by Gasteiger charge is 2.35. The summed E-state index contributed by atoms with van der Waals surface area (Å²) < 4.78 is 0. The van der Waals surface area contributed by atoms with Crippen molar-refractivity contribution in [2.24, 2.45) is 5.73 Å². The summed E-state index contributed by atoms with van der Waals surface area (Å²) in [6.45, 7) is 0. The number of nitrogens with zero attached hydrogens (tertiary/aromatic N) is 1. The van der Waals surface area contributed by atoms with Crippen molar-refractivity contribution in [3.05, 3.63) is 69.8 Å². The zero-order chi connectivity index (χ0) is 15.0. The molecule has 0 saturated carbocycles. The third kappa shape index (κ3) is 2.66. The number of benzene rings is 2. The largest absolute Gasteiger partial charge is 0.324 e. The van der Waals surface area contributed by atoms with E-state index in [1.807, 2.05) is 30.3 Å². The number of nitro groups is 1. The van der Waals surface area contributed by atoms with Crippen molar-refractivity contribution < 1.29 is 9.72 Å². The summed E-state index contributed by atoms with van der Waals surface area (Å²) in [5, 5.41) is 13.7. The van der Waals surface area contributed by atoms with Gasteiger partial charge in [-0.05, 0) is 17.2 Å². The Morgan fingerprint density at radius 3 is 2.45 bits per heavy atom. The molecule has 2 aromatic carbocycles. The van der Waals surface area contributed by atoms with Crippen molar-refractivity contribution in [1.29, 1.82) is 0 Å². The SMILES string of the molecule is Cl.NC1C(=O)Nc2ccc([N+](=O)[O-])cc2C1c1ccccc1. The first-order valence-corrected chi connectivity index (χ1v) is 6.47. The van der Waals surface area contributed by atoms with E-state index >= 15 is 0 Å². The second kappa shape index (κ2) is 6.13. The zero-order valence-electron chi connectivity index (χ0n) is 11.4. The van der Waals surface area contributed by atoms with Crippen LogP contribution in [0.3, 0.4) is 0 Å². The zero-order valence-corrected chi connectivity index (χ0v) is 12.2. The summed E-state index contributed by atoms with van der Waals surface area (Å²) in [6, 6.07) is 12.9. The van der Waals surface area contributed by atoms with Crippen molar-refractivity contribution in [3.8, 4) is 0 Å². The molecule has 3 rings (SSSR count). The Labute approximate surface area is 132 Å². The number of hydrogen-bond donors (Lipinski definition) is 2. The minimum Gasteiger partial charge on any atom is -0.324 e. The minimum atomic E-state index is -0.776. The van der Waals surface area contributed by atoms with Gasteiger partial charge in [0.1, 0.15) is 0 Å². The fourth-order valence-corrected chi connectivity index (χ4v) is 2.64. The molecule has 7 heteroatoms. The van der Waals surface area contributed by atoms with Crippen LogP contribution in [-0.4, -0.2) is 16.9 Å². The van der Waals surface area contributed by atoms with Gasteiger partial charge in [0.05, 0.1) is 11.0 Å². The summed E-state index contributed by atoms with van der Waals surface area (Å²) in [5.41, 5.74) is 8.10. The highest BCUT2D eigenvalue weighted by Crippen LogP contribution is 2.38. The van der Waals surface area contributed by atoms with Gasteiger partial charge in [-0.1, -0.05) is 30.3 Å². The first-order valence-electron chi connectivity index (χ1n) is 6.47. The summed E-state index contributed by atoms with van der Waals surface area (Å²) in [4.78, 5) is 22.5. The Kier molecular flexibility index (Phi) is 4.44. The summed E-state index contributed by atoms with van der Waals surface area (Å²) in [5.74, 6) is -0.681. The molecule has 0 fully saturated rings. The van der Waals surface area contributed by atoms with Crippen LogP contribution in [0.2, 0.25) is 0 Å². The molecule has 2 atom stereocenters. The van der Waals surface area contributed by atoms with E-state index in [4.69, 9.17) is 5.73 Å². The van der Waals surface area contributed by atoms with E-state index < -0.39 is 16.9 Å². The average molecular weight is 320 g/mol. The molecule has 1 heterocycles. The van der Waals surface area contributed by atoms with Gasteiger partial charge in [0, 0.05) is 23.7 Å². The smallest absolute Gasteiger partial charge is 0.269 e. The van der Waals surface area contributed by atoms with Gasteiger partial charge >= 0.3 is 0 Å². The highest BCUT2D eigenvalue weighted by molar-refractivity contribution is 5.99. The molecule has 3 N–H and O–H groups in total. The predicted octanol–water partition coefficient (Wildman–Crippen LogP) is 2.43. The normalized spacial score (nSPS) is 19.6. The number of carbonyl (C=O) groups excluding carboxylic acids is 1. The number of halogens is 1. The molecule has 22 heavy (non-hydrogen) atoms. The molecule has 0 bridgehead atoms. The van der Waals surface area contributed by atoms with Gasteiger partial charge in [0.15, 0.2) is 0 Å². The number of carbonyl (C=O) groups is 1. The number of non-ortho nitro benzene ring substituents is 1. The van der Waals surface area contributed by atoms with Gasteiger partial charge in [0.25, 0.3) is 5.69 Å². The van der Waals surface area contributed by atoms with Crippen molar-refractivity contribution in [2.45, 2.75) is 12.0 Å². The molecule has 2 unspecified atom stereocenters. The Morgan fingerprint density at radius 1 is 1.14 bits per heavy atom. The van der Waals surface area contributed by atoms with Crippen LogP contribution in [0.5, 0.6) is 0 Å². The lowest BCUT2D eigenvalue weighted by Crippen LogP contribution is -2.44. The maximum absolute atomic E-state index is 12.0. The molecule has 1 aliphatic heterocycles. The first kappa shape index (κ1) is 15.9. The summed E-state index contributed by atoms with van der Waals surface area (Å²) >= 11 is 0. The van der Waals surface area contributed by atoms with Crippen LogP contribution in [0.25, 0.3) is 0 Å². The molecule has 6 nitrogen and oxygen atoms in total. The maximum Gasteiger partial charge on any atom is 0.269 e. The van der Waals surface area contributed by atoms with Crippen LogP contribution in [-0.2, 0) is 4.79 Å². The summed E-state index contributed by atoms with van der Waals surface area (Å²) in [6.07, 6.45) is 0. The average Bonchev–Trinajstić information content (AvgIpc) is 2.49. The lowest BCUT2D eigenvalue weighted by molar-refractivity contribution is -0.384. The Hall–Kier alpha value is -2.44. The van der Waals surface area contributed by atoms with Gasteiger partial charge in [-0.3, -0.25) is 14.9 Å². The van der Waals surface area contributed by atoms with Gasteiger partial charge < -0.3 is 11.1 Å². The number of nitro benzene ring substituents is 1. The molecule has 1 amide bonds. The molecule has 0 radical (unpaired) electrons. The topological polar surface area (TPSA) is 98.3 Å². The Morgan fingerprint density at radius 2 is 1.82 bits per heavy atom. The van der Waals surface area contributed by atoms with Gasteiger partial charge in [-0.25, -0.2) is 0 Å². The monoisotopic (exact) mass is 319 g/mol. The maximum atomic E-state index is 12.0. The van der Waals surface area contributed by atoms with Crippen LogP contribution in [0.1, 0.15) is 17.0 Å². The first-order chi connectivity index (χ1) is 10.1. The molecule has 2 aromatic rings. The molecular formula is C15H14ClN3O3. The minimum absolute atomic E-state index is 0. The van der Waals surface area contributed by atoms with Gasteiger partial charge in [0.2, 0.25) is 5.91 Å². The van der Waals surface area contributed by atoms with Gasteiger partial charge in [-0.15, -0.1) is 12.4 Å². The van der Waals surface area contributed by atoms with Crippen molar-refractivity contribution in [3.63, 3.8) is 0 Å². The predicted molar refractivity (Wildman–Crippen MR) is 85.2 cm³/mol. The van der Waals surface area contributed by atoms with Gasteiger partial charge in [-0.2, -0.15) is 0 Å². The van der Waals surface area contributed by atoms with Crippen LogP contribution >= 0.6 is 12.4 Å². The Balaban J connectivity index is 0.00000176. The molecule has 0 aliphatic carbocycles. The molecule has 0 saturated heterocycles. The van der Waals surface area contributed by atoms with Crippen LogP contribution in [0.4, 0.5) is 11.4 Å². The lowest BCUT2D eigenvalue weighted by Gasteiger charge is -2.30. The Bertz CT molecular complexity index is 721. The molecule has 1 aliphatic rings. The molecule has 0 aromatic heterocycles. The summed E-state index contributed by atoms with van der Waals surface area (Å²) in [7, 11) is 0. The molecule has 0 spiro atoms. The number of nitrogens with two attached hydrogens (primary N) is 1. The number of rotatable bonds is 2. The third-order valence-corrected chi connectivity index (χ3v) is 3.66. The van der Waals surface area contributed by atoms with Crippen LogP contribution in [0.15, 0.2) is 48.5 Å². The van der Waals surface area contributed by atoms with Crippen LogP contribution < -0.4 is 11.1 Å². The molecular weight excluding hydrogens is 306 g/mol. The standard InChI is InChI=1S/C15H13N3O3.ClH/c16-14-13(9-4-2-1-3-5-9)11-8-10(18(20)21)6-7-12(11)17-15(14)19;/h1-8,13-14H,16H2,(H,17,19);1H. The van der Waals surface area contributed by atoms with E-state index in [2.05, 4.69) is 5.32 Å². The van der Waals surface area contributed by atoms with E-state index in [-0.39, 0.29) is 24.0 Å². The number of fused-ring (bicyclic) bond motifs is 1. The van der Waals surface area contributed by atoms with E-state index in [1.165, 1.54) is 12.1 Å². The molecule has 114 valence electrons. The second-order valence-electron chi connectivity index (χ2n) is 4.93.